The van der Waals surface area contributed by atoms with Crippen molar-refractivity contribution in [3.05, 3.63) is 54.1 Å². The van der Waals surface area contributed by atoms with Gasteiger partial charge in [0.05, 0.1) is 22.1 Å². The van der Waals surface area contributed by atoms with E-state index in [1.165, 1.54) is 0 Å². The third-order valence-corrected chi connectivity index (χ3v) is 4.61. The molecule has 0 atom stereocenters. The highest BCUT2D eigenvalue weighted by Crippen LogP contribution is 2.31. The molecule has 1 heterocycles. The Morgan fingerprint density at radius 2 is 1.74 bits per heavy atom. The summed E-state index contributed by atoms with van der Waals surface area (Å²) in [6.07, 6.45) is 0. The number of hydrogen-bond acceptors (Lipinski definition) is 5. The largest absolute Gasteiger partial charge is 0.398 e. The van der Waals surface area contributed by atoms with Crippen LogP contribution in [0.4, 0.5) is 5.69 Å². The Kier molecular flexibility index (Phi) is 4.33. The highest BCUT2D eigenvalue weighted by molar-refractivity contribution is 6.19. The summed E-state index contributed by atoms with van der Waals surface area (Å²) in [6.45, 7) is 1.33. The van der Waals surface area contributed by atoms with Crippen molar-refractivity contribution in [3.8, 4) is 0 Å². The molecule has 0 fully saturated rings. The molecule has 0 unspecified atom stereocenters. The van der Waals surface area contributed by atoms with Crippen LogP contribution in [0, 0.1) is 0 Å². The van der Waals surface area contributed by atoms with Crippen LogP contribution in [0.5, 0.6) is 0 Å². The molecule has 3 aromatic carbocycles. The summed E-state index contributed by atoms with van der Waals surface area (Å²) in [5.74, 6) is -0.135. The second-order valence-corrected chi connectivity index (χ2v) is 6.83. The summed E-state index contributed by atoms with van der Waals surface area (Å²) in [5, 5.41) is 4.53. The number of nitrogen functional groups attached to an aromatic ring is 1. The van der Waals surface area contributed by atoms with Gasteiger partial charge in [-0.3, -0.25) is 4.79 Å². The first-order chi connectivity index (χ1) is 13.0. The zero-order chi connectivity index (χ0) is 19.0. The Morgan fingerprint density at radius 1 is 1.00 bits per heavy atom. The zero-order valence-electron chi connectivity index (χ0n) is 15.4. The molecular weight excluding hydrogens is 338 g/mol. The zero-order valence-corrected chi connectivity index (χ0v) is 15.4. The summed E-state index contributed by atoms with van der Waals surface area (Å²) in [4.78, 5) is 24.4. The van der Waals surface area contributed by atoms with Crippen LogP contribution < -0.4 is 11.1 Å². The van der Waals surface area contributed by atoms with E-state index in [9.17, 15) is 4.79 Å². The van der Waals surface area contributed by atoms with Gasteiger partial charge in [-0.25, -0.2) is 9.97 Å². The lowest BCUT2D eigenvalue weighted by molar-refractivity contribution is 0.0953. The maximum Gasteiger partial charge on any atom is 0.252 e. The summed E-state index contributed by atoms with van der Waals surface area (Å²) in [7, 11) is 3.94. The third-order valence-electron chi connectivity index (χ3n) is 4.61. The minimum atomic E-state index is -0.135. The molecule has 0 aliphatic heterocycles. The number of hydrogen-bond donors (Lipinski definition) is 2. The maximum absolute atomic E-state index is 12.8. The Morgan fingerprint density at radius 3 is 2.48 bits per heavy atom. The van der Waals surface area contributed by atoms with Gasteiger partial charge in [0.2, 0.25) is 0 Å². The summed E-state index contributed by atoms with van der Waals surface area (Å²) >= 11 is 0. The number of amides is 1. The molecule has 1 aromatic heterocycles. The quantitative estimate of drug-likeness (QED) is 0.332. The number of aromatic nitrogens is 2. The molecule has 4 aromatic rings. The molecule has 136 valence electrons. The van der Waals surface area contributed by atoms with Gasteiger partial charge < -0.3 is 16.0 Å². The first-order valence-corrected chi connectivity index (χ1v) is 8.85. The normalized spacial score (nSPS) is 11.5. The number of nitrogens with two attached hydrogens (primary N) is 1. The van der Waals surface area contributed by atoms with Crippen LogP contribution in [-0.2, 0) is 0 Å². The van der Waals surface area contributed by atoms with Crippen LogP contribution >= 0.6 is 0 Å². The molecule has 0 aliphatic carbocycles. The van der Waals surface area contributed by atoms with Crippen LogP contribution in [-0.4, -0.2) is 48.0 Å². The average Bonchev–Trinajstić information content (AvgIpc) is 2.66. The molecule has 0 saturated heterocycles. The number of fused-ring (bicyclic) bond motifs is 4. The van der Waals surface area contributed by atoms with Gasteiger partial charge in [0.25, 0.3) is 5.91 Å². The van der Waals surface area contributed by atoms with Crippen molar-refractivity contribution in [2.24, 2.45) is 0 Å². The van der Waals surface area contributed by atoms with Gasteiger partial charge in [0, 0.05) is 35.1 Å². The minimum Gasteiger partial charge on any atom is -0.398 e. The number of nitrogens with zero attached hydrogens (tertiary/aromatic N) is 3. The average molecular weight is 359 g/mol. The van der Waals surface area contributed by atoms with Gasteiger partial charge in [0.15, 0.2) is 0 Å². The van der Waals surface area contributed by atoms with Crippen molar-refractivity contribution in [1.29, 1.82) is 0 Å². The van der Waals surface area contributed by atoms with E-state index in [4.69, 9.17) is 15.7 Å². The molecule has 0 radical (unpaired) electrons. The van der Waals surface area contributed by atoms with Crippen molar-refractivity contribution < 1.29 is 4.79 Å². The van der Waals surface area contributed by atoms with E-state index in [1.807, 2.05) is 55.4 Å². The highest BCUT2D eigenvalue weighted by atomic mass is 16.1. The molecule has 0 bridgehead atoms. The van der Waals surface area contributed by atoms with Gasteiger partial charge in [-0.05, 0) is 50.5 Å². The van der Waals surface area contributed by atoms with E-state index in [2.05, 4.69) is 5.32 Å². The van der Waals surface area contributed by atoms with Crippen molar-refractivity contribution in [3.63, 3.8) is 0 Å². The standard InChI is InChI=1S/C21H21N5O/c1-26(2)12-11-23-21(27)14-7-9-15(22)13-8-10-18-20(19(13)14)25-17-6-4-3-5-16(17)24-18/h3-10H,11-12,22H2,1-2H3,(H,23,27). The van der Waals surface area contributed by atoms with E-state index in [0.29, 0.717) is 23.3 Å². The SMILES string of the molecule is CN(C)CCNC(=O)c1ccc(N)c2ccc3nc4ccccc4nc3c12. The molecular formula is C21H21N5O. The fraction of sp³-hybridized carbons (Fsp3) is 0.190. The van der Waals surface area contributed by atoms with Gasteiger partial charge in [-0.2, -0.15) is 0 Å². The van der Waals surface area contributed by atoms with Crippen LogP contribution in [0.2, 0.25) is 0 Å². The van der Waals surface area contributed by atoms with Crippen LogP contribution in [0.1, 0.15) is 10.4 Å². The van der Waals surface area contributed by atoms with Crippen LogP contribution in [0.25, 0.3) is 32.8 Å². The van der Waals surface area contributed by atoms with Gasteiger partial charge in [-0.15, -0.1) is 0 Å². The van der Waals surface area contributed by atoms with Gasteiger partial charge in [-0.1, -0.05) is 12.1 Å². The Balaban J connectivity index is 1.93. The van der Waals surface area contributed by atoms with Crippen molar-refractivity contribution in [1.82, 2.24) is 20.2 Å². The number of benzene rings is 3. The minimum absolute atomic E-state index is 0.135. The fourth-order valence-corrected chi connectivity index (χ4v) is 3.22. The lowest BCUT2D eigenvalue weighted by atomic mass is 10.00. The number of anilines is 1. The second-order valence-electron chi connectivity index (χ2n) is 6.83. The third kappa shape index (κ3) is 3.15. The highest BCUT2D eigenvalue weighted by Gasteiger charge is 2.16. The fourth-order valence-electron chi connectivity index (χ4n) is 3.22. The monoisotopic (exact) mass is 359 g/mol. The topological polar surface area (TPSA) is 84.1 Å². The van der Waals surface area contributed by atoms with E-state index in [1.54, 1.807) is 12.1 Å². The lowest BCUT2D eigenvalue weighted by Gasteiger charge is -2.13. The van der Waals surface area contributed by atoms with E-state index in [-0.39, 0.29) is 5.91 Å². The van der Waals surface area contributed by atoms with Crippen LogP contribution in [0.15, 0.2) is 48.5 Å². The second kappa shape index (κ2) is 6.81. The number of nitrogens with one attached hydrogen (secondary N) is 1. The van der Waals surface area contributed by atoms with E-state index in [0.717, 1.165) is 33.9 Å². The lowest BCUT2D eigenvalue weighted by Crippen LogP contribution is -2.31. The predicted molar refractivity (Wildman–Crippen MR) is 110 cm³/mol. The molecule has 27 heavy (non-hydrogen) atoms. The van der Waals surface area contributed by atoms with Gasteiger partial charge in [0.1, 0.15) is 0 Å². The molecule has 6 nitrogen and oxygen atoms in total. The molecule has 0 saturated carbocycles. The summed E-state index contributed by atoms with van der Waals surface area (Å²) < 4.78 is 0. The summed E-state index contributed by atoms with van der Waals surface area (Å²) in [6, 6.07) is 15.1. The molecule has 3 N–H and O–H groups in total. The van der Waals surface area contributed by atoms with Gasteiger partial charge >= 0.3 is 0 Å². The molecule has 6 heteroatoms. The van der Waals surface area contributed by atoms with Crippen molar-refractivity contribution in [2.45, 2.75) is 0 Å². The number of carbonyl (C=O) groups excluding carboxylic acids is 1. The molecule has 0 spiro atoms. The van der Waals surface area contributed by atoms with Crippen molar-refractivity contribution in [2.75, 3.05) is 32.9 Å². The number of carbonyl (C=O) groups is 1. The molecule has 1 amide bonds. The maximum atomic E-state index is 12.8. The van der Waals surface area contributed by atoms with E-state index >= 15 is 0 Å². The van der Waals surface area contributed by atoms with E-state index < -0.39 is 0 Å². The summed E-state index contributed by atoms with van der Waals surface area (Å²) in [5.41, 5.74) is 10.4. The molecule has 0 aliphatic rings. The first-order valence-electron chi connectivity index (χ1n) is 8.85. The van der Waals surface area contributed by atoms with Crippen molar-refractivity contribution >= 4 is 44.4 Å². The number of rotatable bonds is 4. The van der Waals surface area contributed by atoms with Crippen LogP contribution in [0.3, 0.4) is 0 Å². The Bertz CT molecular complexity index is 1170. The Labute approximate surface area is 157 Å². The smallest absolute Gasteiger partial charge is 0.252 e. The molecule has 4 rings (SSSR count). The number of likely N-dealkylation sites (N-methyl/N-ethyl adjacent to an activating group) is 1. The first kappa shape index (κ1) is 17.2. The number of para-hydroxylation sites is 2. The Hall–Kier alpha value is -3.25. The predicted octanol–water partition coefficient (Wildman–Crippen LogP) is 2.81.